The second-order valence-electron chi connectivity index (χ2n) is 6.15. The molecule has 1 heterocycles. The lowest BCUT2D eigenvalue weighted by Gasteiger charge is -2.29. The monoisotopic (exact) mass is 279 g/mol. The number of nitrogens with one attached hydrogen (secondary N) is 2. The van der Waals surface area contributed by atoms with Crippen LogP contribution in [0.4, 0.5) is 0 Å². The topological polar surface area (TPSA) is 78.0 Å². The number of carbonyl (C=O) groups is 1. The average Bonchev–Trinajstić information content (AvgIpc) is 3.01. The Hall–Kier alpha value is -1.36. The molecule has 1 unspecified atom stereocenters. The lowest BCUT2D eigenvalue weighted by Crippen LogP contribution is -2.51. The van der Waals surface area contributed by atoms with Gasteiger partial charge in [-0.3, -0.25) is 9.89 Å². The Morgan fingerprint density at radius 2 is 2.10 bits per heavy atom. The van der Waals surface area contributed by atoms with Crippen LogP contribution in [0.3, 0.4) is 0 Å². The van der Waals surface area contributed by atoms with Crippen molar-refractivity contribution >= 4 is 5.91 Å². The van der Waals surface area contributed by atoms with Crippen molar-refractivity contribution in [2.24, 2.45) is 5.92 Å². The highest BCUT2D eigenvalue weighted by atomic mass is 16.3. The molecular formula is C15H25N3O2. The number of aromatic nitrogens is 2. The summed E-state index contributed by atoms with van der Waals surface area (Å²) in [5.41, 5.74) is 2.73. The van der Waals surface area contributed by atoms with Gasteiger partial charge in [-0.05, 0) is 38.7 Å². The van der Waals surface area contributed by atoms with Gasteiger partial charge in [-0.1, -0.05) is 19.8 Å². The summed E-state index contributed by atoms with van der Waals surface area (Å²) in [4.78, 5) is 12.4. The largest absolute Gasteiger partial charge is 0.394 e. The molecule has 5 heteroatoms. The average molecular weight is 279 g/mol. The molecule has 1 aliphatic rings. The maximum Gasteiger partial charge on any atom is 0.223 e. The normalized spacial score (nSPS) is 19.0. The highest BCUT2D eigenvalue weighted by Gasteiger charge is 2.35. The van der Waals surface area contributed by atoms with Crippen molar-refractivity contribution in [2.45, 2.75) is 58.4 Å². The van der Waals surface area contributed by atoms with E-state index in [-0.39, 0.29) is 24.0 Å². The van der Waals surface area contributed by atoms with Crippen LogP contribution in [0.25, 0.3) is 0 Å². The van der Waals surface area contributed by atoms with E-state index in [2.05, 4.69) is 15.5 Å². The Bertz CT molecular complexity index is 456. The molecule has 0 bridgehead atoms. The van der Waals surface area contributed by atoms with E-state index >= 15 is 0 Å². The van der Waals surface area contributed by atoms with E-state index in [4.69, 9.17) is 0 Å². The summed E-state index contributed by atoms with van der Waals surface area (Å²) >= 11 is 0. The molecule has 1 fully saturated rings. The maximum absolute atomic E-state index is 12.4. The van der Waals surface area contributed by atoms with Crippen molar-refractivity contribution in [1.29, 1.82) is 0 Å². The molecule has 0 saturated heterocycles. The summed E-state index contributed by atoms with van der Waals surface area (Å²) in [5, 5.41) is 19.8. The predicted molar refractivity (Wildman–Crippen MR) is 77.4 cm³/mol. The first-order chi connectivity index (χ1) is 9.47. The van der Waals surface area contributed by atoms with E-state index in [1.165, 1.54) is 0 Å². The van der Waals surface area contributed by atoms with Crippen LogP contribution >= 0.6 is 0 Å². The summed E-state index contributed by atoms with van der Waals surface area (Å²) in [7, 11) is 0. The van der Waals surface area contributed by atoms with Crippen molar-refractivity contribution in [3.05, 3.63) is 17.0 Å². The van der Waals surface area contributed by atoms with Crippen LogP contribution in [0, 0.1) is 19.8 Å². The lowest BCUT2D eigenvalue weighted by molar-refractivity contribution is -0.127. The molecule has 1 atom stereocenters. The standard InChI is InChI=1S/C15H25N3O2/c1-10(8-13-11(2)17-18-12(13)3)14(20)16-15(9-19)6-4-5-7-15/h10,19H,4-9H2,1-3H3,(H,16,20)(H,17,18). The molecule has 0 radical (unpaired) electrons. The molecule has 112 valence electrons. The van der Waals surface area contributed by atoms with E-state index in [1.54, 1.807) is 0 Å². The number of carbonyl (C=O) groups excluding carboxylic acids is 1. The zero-order valence-electron chi connectivity index (χ0n) is 12.6. The minimum absolute atomic E-state index is 0.0287. The Labute approximate surface area is 120 Å². The predicted octanol–water partition coefficient (Wildman–Crippen LogP) is 1.63. The number of hydrogen-bond acceptors (Lipinski definition) is 3. The van der Waals surface area contributed by atoms with Crippen molar-refractivity contribution in [3.63, 3.8) is 0 Å². The molecule has 5 nitrogen and oxygen atoms in total. The molecule has 1 aliphatic carbocycles. The van der Waals surface area contributed by atoms with Crippen LogP contribution < -0.4 is 5.32 Å². The fourth-order valence-corrected chi connectivity index (χ4v) is 3.03. The smallest absolute Gasteiger partial charge is 0.223 e. The summed E-state index contributed by atoms with van der Waals surface area (Å²) in [5.74, 6) is -0.0880. The number of nitrogens with zero attached hydrogens (tertiary/aromatic N) is 1. The SMILES string of the molecule is Cc1n[nH]c(C)c1CC(C)C(=O)NC1(CO)CCCC1. The van der Waals surface area contributed by atoms with Crippen LogP contribution in [0.15, 0.2) is 0 Å². The molecule has 0 aliphatic heterocycles. The minimum atomic E-state index is -0.383. The Balaban J connectivity index is 1.99. The van der Waals surface area contributed by atoms with Gasteiger partial charge in [-0.25, -0.2) is 0 Å². The molecule has 1 aromatic heterocycles. The van der Waals surface area contributed by atoms with Crippen molar-refractivity contribution in [2.75, 3.05) is 6.61 Å². The number of H-pyrrole nitrogens is 1. The highest BCUT2D eigenvalue weighted by Crippen LogP contribution is 2.29. The minimum Gasteiger partial charge on any atom is -0.394 e. The van der Waals surface area contributed by atoms with Gasteiger partial charge in [0, 0.05) is 11.6 Å². The number of aliphatic hydroxyl groups is 1. The van der Waals surface area contributed by atoms with Crippen LogP contribution in [0.1, 0.15) is 49.6 Å². The summed E-state index contributed by atoms with van der Waals surface area (Å²) in [6, 6.07) is 0. The quantitative estimate of drug-likeness (QED) is 0.766. The van der Waals surface area contributed by atoms with Gasteiger partial charge in [-0.2, -0.15) is 5.10 Å². The molecule has 0 spiro atoms. The molecule has 3 N–H and O–H groups in total. The van der Waals surface area contributed by atoms with E-state index in [0.29, 0.717) is 6.42 Å². The highest BCUT2D eigenvalue weighted by molar-refractivity contribution is 5.79. The second-order valence-corrected chi connectivity index (χ2v) is 6.15. The zero-order valence-corrected chi connectivity index (χ0v) is 12.6. The summed E-state index contributed by atoms with van der Waals surface area (Å²) in [6.45, 7) is 5.90. The molecule has 1 saturated carbocycles. The number of aliphatic hydroxyl groups excluding tert-OH is 1. The van der Waals surface area contributed by atoms with Gasteiger partial charge in [-0.15, -0.1) is 0 Å². The fourth-order valence-electron chi connectivity index (χ4n) is 3.03. The van der Waals surface area contributed by atoms with Gasteiger partial charge in [0.1, 0.15) is 0 Å². The van der Waals surface area contributed by atoms with Crippen LogP contribution in [-0.2, 0) is 11.2 Å². The van der Waals surface area contributed by atoms with E-state index in [0.717, 1.165) is 42.6 Å². The Morgan fingerprint density at radius 3 is 2.60 bits per heavy atom. The third-order valence-corrected chi connectivity index (χ3v) is 4.49. The lowest BCUT2D eigenvalue weighted by atomic mass is 9.94. The molecule has 1 amide bonds. The first-order valence-electron chi connectivity index (χ1n) is 7.41. The first kappa shape index (κ1) is 15.0. The van der Waals surface area contributed by atoms with Gasteiger partial charge >= 0.3 is 0 Å². The third kappa shape index (κ3) is 3.03. The Morgan fingerprint density at radius 1 is 1.45 bits per heavy atom. The van der Waals surface area contributed by atoms with Crippen LogP contribution in [0.2, 0.25) is 0 Å². The second kappa shape index (κ2) is 5.95. The summed E-state index contributed by atoms with van der Waals surface area (Å²) < 4.78 is 0. The van der Waals surface area contributed by atoms with Crippen LogP contribution in [0.5, 0.6) is 0 Å². The van der Waals surface area contributed by atoms with E-state index in [1.807, 2.05) is 20.8 Å². The molecule has 0 aromatic carbocycles. The molecule has 20 heavy (non-hydrogen) atoms. The Kier molecular flexibility index (Phi) is 4.48. The third-order valence-electron chi connectivity index (χ3n) is 4.49. The number of hydrogen-bond donors (Lipinski definition) is 3. The van der Waals surface area contributed by atoms with Crippen molar-refractivity contribution < 1.29 is 9.90 Å². The number of aryl methyl sites for hydroxylation is 2. The number of amides is 1. The van der Waals surface area contributed by atoms with Gasteiger partial charge in [0.05, 0.1) is 17.8 Å². The number of aromatic amines is 1. The van der Waals surface area contributed by atoms with Gasteiger partial charge < -0.3 is 10.4 Å². The maximum atomic E-state index is 12.4. The van der Waals surface area contributed by atoms with Gasteiger partial charge in [0.15, 0.2) is 0 Å². The van der Waals surface area contributed by atoms with E-state index < -0.39 is 0 Å². The molecule has 2 rings (SSSR count). The van der Waals surface area contributed by atoms with Crippen molar-refractivity contribution in [3.8, 4) is 0 Å². The van der Waals surface area contributed by atoms with Gasteiger partial charge in [0.2, 0.25) is 5.91 Å². The van der Waals surface area contributed by atoms with Crippen molar-refractivity contribution in [1.82, 2.24) is 15.5 Å². The van der Waals surface area contributed by atoms with Crippen LogP contribution in [-0.4, -0.2) is 33.4 Å². The van der Waals surface area contributed by atoms with E-state index in [9.17, 15) is 9.90 Å². The molecule has 1 aromatic rings. The number of rotatable bonds is 5. The fraction of sp³-hybridized carbons (Fsp3) is 0.733. The summed E-state index contributed by atoms with van der Waals surface area (Å²) in [6.07, 6.45) is 4.60. The first-order valence-corrected chi connectivity index (χ1v) is 7.41. The molecular weight excluding hydrogens is 254 g/mol. The van der Waals surface area contributed by atoms with Gasteiger partial charge in [0.25, 0.3) is 0 Å². The zero-order chi connectivity index (χ0) is 14.8.